The van der Waals surface area contributed by atoms with E-state index < -0.39 is 0 Å². The van der Waals surface area contributed by atoms with Crippen molar-refractivity contribution < 1.29 is 0 Å². The first-order valence-electron chi connectivity index (χ1n) is 5.93. The summed E-state index contributed by atoms with van der Waals surface area (Å²) in [7, 11) is 4.36. The van der Waals surface area contributed by atoms with Crippen LogP contribution in [-0.2, 0) is 0 Å². The van der Waals surface area contributed by atoms with E-state index in [2.05, 4.69) is 34.6 Å². The van der Waals surface area contributed by atoms with Crippen molar-refractivity contribution in [2.24, 2.45) is 4.99 Å². The van der Waals surface area contributed by atoms with E-state index >= 15 is 0 Å². The molecule has 94 valence electrons. The molecule has 0 aromatic carbocycles. The Labute approximate surface area is 115 Å². The molecule has 1 saturated carbocycles. The standard InChI is InChI=1S/C11H22N4.HI/c1-15(2)11(5-3-6-11)9-14-10-12-7-4-8-13-10;/h3-9H2,1-2H3,(H2,12,13,14);1H. The number of rotatable bonds is 3. The second-order valence-electron chi connectivity index (χ2n) is 4.84. The number of aliphatic imine (C=N–C) groups is 1. The van der Waals surface area contributed by atoms with Crippen LogP contribution in [0.1, 0.15) is 25.7 Å². The Bertz CT molecular complexity index is 248. The number of likely N-dealkylation sites (N-methyl/N-ethyl adjacent to an activating group) is 1. The van der Waals surface area contributed by atoms with E-state index in [1.165, 1.54) is 19.3 Å². The van der Waals surface area contributed by atoms with Gasteiger partial charge in [0, 0.05) is 25.2 Å². The lowest BCUT2D eigenvalue weighted by Crippen LogP contribution is -2.58. The van der Waals surface area contributed by atoms with Gasteiger partial charge in [0.1, 0.15) is 0 Å². The number of hydrogen-bond donors (Lipinski definition) is 2. The van der Waals surface area contributed by atoms with Crippen molar-refractivity contribution in [3.05, 3.63) is 0 Å². The molecule has 2 aliphatic rings. The quantitative estimate of drug-likeness (QED) is 0.755. The van der Waals surface area contributed by atoms with Crippen molar-refractivity contribution in [3.8, 4) is 0 Å². The molecular weight excluding hydrogens is 315 g/mol. The molecular formula is C11H23IN4. The highest BCUT2D eigenvalue weighted by atomic mass is 127. The minimum absolute atomic E-state index is 0. The SMILES string of the molecule is CN(C)C1(CNC2=NCCCN2)CCC1.I. The third-order valence-electron chi connectivity index (χ3n) is 3.72. The number of nitrogens with one attached hydrogen (secondary N) is 2. The van der Waals surface area contributed by atoms with Crippen LogP contribution in [-0.4, -0.2) is 50.1 Å². The predicted octanol–water partition coefficient (Wildman–Crippen LogP) is 1.03. The van der Waals surface area contributed by atoms with Gasteiger partial charge in [-0.25, -0.2) is 0 Å². The smallest absolute Gasteiger partial charge is 0.191 e. The molecule has 0 saturated heterocycles. The summed E-state index contributed by atoms with van der Waals surface area (Å²) in [6, 6.07) is 0. The molecule has 0 atom stereocenters. The minimum atomic E-state index is 0. The van der Waals surface area contributed by atoms with Gasteiger partial charge in [0.2, 0.25) is 0 Å². The summed E-state index contributed by atoms with van der Waals surface area (Å²) in [6.45, 7) is 3.04. The lowest BCUT2D eigenvalue weighted by Gasteiger charge is -2.47. The maximum atomic E-state index is 4.43. The Morgan fingerprint density at radius 3 is 2.56 bits per heavy atom. The van der Waals surface area contributed by atoms with Gasteiger partial charge in [0.05, 0.1) is 0 Å². The molecule has 5 heteroatoms. The lowest BCUT2D eigenvalue weighted by molar-refractivity contribution is 0.0646. The van der Waals surface area contributed by atoms with Crippen LogP contribution in [0.25, 0.3) is 0 Å². The molecule has 0 radical (unpaired) electrons. The molecule has 2 N–H and O–H groups in total. The monoisotopic (exact) mass is 338 g/mol. The van der Waals surface area contributed by atoms with Crippen LogP contribution in [0.15, 0.2) is 4.99 Å². The van der Waals surface area contributed by atoms with E-state index in [-0.39, 0.29) is 24.0 Å². The van der Waals surface area contributed by atoms with Gasteiger partial charge in [0.25, 0.3) is 0 Å². The highest BCUT2D eigenvalue weighted by Crippen LogP contribution is 2.35. The summed E-state index contributed by atoms with van der Waals surface area (Å²) in [5.41, 5.74) is 0.377. The second-order valence-corrected chi connectivity index (χ2v) is 4.84. The van der Waals surface area contributed by atoms with Crippen LogP contribution < -0.4 is 10.6 Å². The van der Waals surface area contributed by atoms with E-state index in [1.54, 1.807) is 0 Å². The molecule has 1 aliphatic carbocycles. The summed E-state index contributed by atoms with van der Waals surface area (Å²) in [5.74, 6) is 0.995. The molecule has 1 fully saturated rings. The van der Waals surface area contributed by atoms with Crippen molar-refractivity contribution in [3.63, 3.8) is 0 Å². The Balaban J connectivity index is 0.00000128. The first-order valence-corrected chi connectivity index (χ1v) is 5.93. The van der Waals surface area contributed by atoms with Crippen molar-refractivity contribution in [2.75, 3.05) is 33.7 Å². The fourth-order valence-corrected chi connectivity index (χ4v) is 2.27. The summed E-state index contributed by atoms with van der Waals surface area (Å²) in [6.07, 6.45) is 5.13. The van der Waals surface area contributed by atoms with Crippen LogP contribution in [0.2, 0.25) is 0 Å². The van der Waals surface area contributed by atoms with Gasteiger partial charge in [-0.1, -0.05) is 0 Å². The zero-order valence-corrected chi connectivity index (χ0v) is 12.6. The zero-order valence-electron chi connectivity index (χ0n) is 10.3. The summed E-state index contributed by atoms with van der Waals surface area (Å²) >= 11 is 0. The molecule has 0 aromatic rings. The molecule has 0 bridgehead atoms. The largest absolute Gasteiger partial charge is 0.356 e. The third kappa shape index (κ3) is 3.00. The van der Waals surface area contributed by atoms with Crippen molar-refractivity contribution in [1.82, 2.24) is 15.5 Å². The summed E-state index contributed by atoms with van der Waals surface area (Å²) in [5, 5.41) is 6.74. The fourth-order valence-electron chi connectivity index (χ4n) is 2.27. The van der Waals surface area contributed by atoms with Gasteiger partial charge in [-0.15, -0.1) is 24.0 Å². The number of nitrogens with zero attached hydrogens (tertiary/aromatic N) is 2. The maximum absolute atomic E-state index is 4.43. The Morgan fingerprint density at radius 2 is 2.12 bits per heavy atom. The van der Waals surface area contributed by atoms with E-state index in [1.807, 2.05) is 0 Å². The van der Waals surface area contributed by atoms with Gasteiger partial charge < -0.3 is 15.5 Å². The first kappa shape index (κ1) is 14.0. The molecule has 0 aromatic heterocycles. The van der Waals surface area contributed by atoms with Crippen LogP contribution in [0.5, 0.6) is 0 Å². The first-order chi connectivity index (χ1) is 7.23. The molecule has 1 heterocycles. The van der Waals surface area contributed by atoms with E-state index in [4.69, 9.17) is 0 Å². The summed E-state index contributed by atoms with van der Waals surface area (Å²) in [4.78, 5) is 6.78. The molecule has 0 unspecified atom stereocenters. The minimum Gasteiger partial charge on any atom is -0.356 e. The van der Waals surface area contributed by atoms with Crippen LogP contribution in [0.4, 0.5) is 0 Å². The van der Waals surface area contributed by atoms with E-state index in [0.29, 0.717) is 5.54 Å². The molecule has 0 spiro atoms. The molecule has 2 rings (SSSR count). The highest BCUT2D eigenvalue weighted by Gasteiger charge is 2.38. The van der Waals surface area contributed by atoms with Gasteiger partial charge in [-0.05, 0) is 39.8 Å². The molecule has 1 aliphatic heterocycles. The summed E-state index contributed by atoms with van der Waals surface area (Å²) < 4.78 is 0. The predicted molar refractivity (Wildman–Crippen MR) is 78.6 cm³/mol. The van der Waals surface area contributed by atoms with Gasteiger partial charge >= 0.3 is 0 Å². The van der Waals surface area contributed by atoms with Crippen molar-refractivity contribution >= 4 is 29.9 Å². The Morgan fingerprint density at radius 1 is 1.38 bits per heavy atom. The van der Waals surface area contributed by atoms with Gasteiger partial charge in [-0.3, -0.25) is 4.99 Å². The molecule has 0 amide bonds. The van der Waals surface area contributed by atoms with Crippen LogP contribution in [0.3, 0.4) is 0 Å². The van der Waals surface area contributed by atoms with Gasteiger partial charge in [0.15, 0.2) is 5.96 Å². The van der Waals surface area contributed by atoms with E-state index in [9.17, 15) is 0 Å². The fraction of sp³-hybridized carbons (Fsp3) is 0.909. The normalized spacial score (nSPS) is 22.6. The van der Waals surface area contributed by atoms with Crippen LogP contribution in [0, 0.1) is 0 Å². The van der Waals surface area contributed by atoms with Gasteiger partial charge in [-0.2, -0.15) is 0 Å². The van der Waals surface area contributed by atoms with Crippen LogP contribution >= 0.6 is 24.0 Å². The number of halogens is 1. The average molecular weight is 338 g/mol. The molecule has 4 nitrogen and oxygen atoms in total. The molecule has 16 heavy (non-hydrogen) atoms. The topological polar surface area (TPSA) is 39.7 Å². The van der Waals surface area contributed by atoms with E-state index in [0.717, 1.165) is 32.0 Å². The second kappa shape index (κ2) is 6.05. The highest BCUT2D eigenvalue weighted by molar-refractivity contribution is 14.0. The third-order valence-corrected chi connectivity index (χ3v) is 3.72. The Kier molecular flexibility index (Phi) is 5.30. The zero-order chi connectivity index (χ0) is 10.7. The Hall–Kier alpha value is -0.0400. The van der Waals surface area contributed by atoms with Crippen molar-refractivity contribution in [2.45, 2.75) is 31.2 Å². The lowest BCUT2D eigenvalue weighted by atomic mass is 9.75. The maximum Gasteiger partial charge on any atom is 0.191 e. The average Bonchev–Trinajstić information content (AvgIpc) is 2.17. The number of hydrogen-bond acceptors (Lipinski definition) is 4. The van der Waals surface area contributed by atoms with Crippen molar-refractivity contribution in [1.29, 1.82) is 0 Å². The number of guanidine groups is 1.